The van der Waals surface area contributed by atoms with E-state index in [0.717, 1.165) is 21.7 Å². The van der Waals surface area contributed by atoms with Crippen LogP contribution in [-0.2, 0) is 17.2 Å². The minimum Gasteiger partial charge on any atom is -0.383 e. The number of rotatable bonds is 5. The maximum Gasteiger partial charge on any atom is 0.165 e. The van der Waals surface area contributed by atoms with E-state index in [0.29, 0.717) is 19.0 Å². The Balaban J connectivity index is 2.46. The lowest BCUT2D eigenvalue weighted by Gasteiger charge is -2.10. The Morgan fingerprint density at radius 2 is 2.16 bits per heavy atom. The third-order valence-corrected chi connectivity index (χ3v) is 3.73. The van der Waals surface area contributed by atoms with Crippen LogP contribution >= 0.6 is 27.5 Å². The maximum absolute atomic E-state index is 5.90. The van der Waals surface area contributed by atoms with Gasteiger partial charge in [-0.25, -0.2) is 0 Å². The molecule has 1 aromatic carbocycles. The van der Waals surface area contributed by atoms with E-state index in [1.165, 1.54) is 5.56 Å². The predicted molar refractivity (Wildman–Crippen MR) is 79.3 cm³/mol. The SMILES string of the molecule is COCCn1c(CCl)nnc1-c1ccc(C)cc1Br. The molecule has 1 heterocycles. The molecule has 0 amide bonds. The predicted octanol–water partition coefficient (Wildman–Crippen LogP) is 3.40. The van der Waals surface area contributed by atoms with Gasteiger partial charge < -0.3 is 9.30 Å². The number of methoxy groups -OCH3 is 1. The largest absolute Gasteiger partial charge is 0.383 e. The van der Waals surface area contributed by atoms with Crippen molar-refractivity contribution < 1.29 is 4.74 Å². The van der Waals surface area contributed by atoms with E-state index in [1.807, 2.05) is 17.6 Å². The first-order valence-corrected chi connectivity index (χ1v) is 7.23. The van der Waals surface area contributed by atoms with Gasteiger partial charge in [0.1, 0.15) is 5.82 Å². The van der Waals surface area contributed by atoms with E-state index >= 15 is 0 Å². The standard InChI is InChI=1S/C13H15BrClN3O/c1-9-3-4-10(11(14)7-9)13-17-16-12(8-15)18(13)5-6-19-2/h3-4,7H,5-6,8H2,1-2H3. The fourth-order valence-electron chi connectivity index (χ4n) is 1.85. The van der Waals surface area contributed by atoms with Gasteiger partial charge in [0.2, 0.25) is 0 Å². The van der Waals surface area contributed by atoms with Gasteiger partial charge in [0, 0.05) is 23.7 Å². The first-order chi connectivity index (χ1) is 9.17. The molecule has 4 nitrogen and oxygen atoms in total. The zero-order chi connectivity index (χ0) is 13.8. The van der Waals surface area contributed by atoms with E-state index in [1.54, 1.807) is 7.11 Å². The smallest absolute Gasteiger partial charge is 0.165 e. The van der Waals surface area contributed by atoms with Crippen molar-refractivity contribution >= 4 is 27.5 Å². The number of hydrogen-bond acceptors (Lipinski definition) is 3. The third-order valence-electron chi connectivity index (χ3n) is 2.83. The number of halogens is 2. The molecule has 0 radical (unpaired) electrons. The van der Waals surface area contributed by atoms with Crippen LogP contribution in [0.4, 0.5) is 0 Å². The minimum absolute atomic E-state index is 0.334. The highest BCUT2D eigenvalue weighted by Gasteiger charge is 2.15. The second-order valence-electron chi connectivity index (χ2n) is 4.20. The molecular weight excluding hydrogens is 330 g/mol. The Kier molecular flexibility index (Phi) is 4.96. The van der Waals surface area contributed by atoms with Crippen LogP contribution in [0, 0.1) is 6.92 Å². The van der Waals surface area contributed by atoms with Crippen molar-refractivity contribution in [2.75, 3.05) is 13.7 Å². The molecule has 1 aromatic heterocycles. The number of benzene rings is 1. The van der Waals surface area contributed by atoms with Crippen molar-refractivity contribution in [1.29, 1.82) is 0 Å². The van der Waals surface area contributed by atoms with Crippen LogP contribution in [0.1, 0.15) is 11.4 Å². The molecule has 6 heteroatoms. The average molecular weight is 345 g/mol. The Morgan fingerprint density at radius 3 is 2.79 bits per heavy atom. The highest BCUT2D eigenvalue weighted by atomic mass is 79.9. The lowest BCUT2D eigenvalue weighted by Crippen LogP contribution is -2.09. The quantitative estimate of drug-likeness (QED) is 0.781. The molecule has 19 heavy (non-hydrogen) atoms. The fourth-order valence-corrected chi connectivity index (χ4v) is 2.72. The number of aromatic nitrogens is 3. The molecule has 102 valence electrons. The summed E-state index contributed by atoms with van der Waals surface area (Å²) in [6.07, 6.45) is 0. The van der Waals surface area contributed by atoms with Crippen molar-refractivity contribution in [2.24, 2.45) is 0 Å². The molecule has 0 N–H and O–H groups in total. The van der Waals surface area contributed by atoms with E-state index in [4.69, 9.17) is 16.3 Å². The summed E-state index contributed by atoms with van der Waals surface area (Å²) >= 11 is 9.47. The topological polar surface area (TPSA) is 39.9 Å². The lowest BCUT2D eigenvalue weighted by molar-refractivity contribution is 0.187. The average Bonchev–Trinajstić information content (AvgIpc) is 2.79. The number of nitrogens with zero attached hydrogens (tertiary/aromatic N) is 3. The Labute approximate surface area is 125 Å². The number of hydrogen-bond donors (Lipinski definition) is 0. The molecule has 0 aliphatic heterocycles. The van der Waals surface area contributed by atoms with Gasteiger partial charge in [-0.3, -0.25) is 0 Å². The van der Waals surface area contributed by atoms with Gasteiger partial charge >= 0.3 is 0 Å². The van der Waals surface area contributed by atoms with Gasteiger partial charge in [0.25, 0.3) is 0 Å². The molecule has 0 saturated carbocycles. The molecule has 2 rings (SSSR count). The van der Waals surface area contributed by atoms with Crippen molar-refractivity contribution in [3.05, 3.63) is 34.1 Å². The molecular formula is C13H15BrClN3O. The second-order valence-corrected chi connectivity index (χ2v) is 5.32. The van der Waals surface area contributed by atoms with Crippen LogP contribution in [0.25, 0.3) is 11.4 Å². The highest BCUT2D eigenvalue weighted by molar-refractivity contribution is 9.10. The monoisotopic (exact) mass is 343 g/mol. The van der Waals surface area contributed by atoms with Crippen molar-refractivity contribution in [2.45, 2.75) is 19.3 Å². The van der Waals surface area contributed by atoms with Crippen LogP contribution in [0.3, 0.4) is 0 Å². The molecule has 0 saturated heterocycles. The number of aryl methyl sites for hydroxylation is 1. The Bertz CT molecular complexity index is 571. The molecule has 0 aliphatic carbocycles. The maximum atomic E-state index is 5.90. The second kappa shape index (κ2) is 6.50. The van der Waals surface area contributed by atoms with Crippen molar-refractivity contribution in [3.63, 3.8) is 0 Å². The summed E-state index contributed by atoms with van der Waals surface area (Å²) < 4.78 is 8.12. The molecule has 0 spiro atoms. The summed E-state index contributed by atoms with van der Waals surface area (Å²) in [7, 11) is 1.67. The summed E-state index contributed by atoms with van der Waals surface area (Å²) in [5.74, 6) is 1.89. The van der Waals surface area contributed by atoms with E-state index in [9.17, 15) is 0 Å². The molecule has 0 fully saturated rings. The summed E-state index contributed by atoms with van der Waals surface area (Å²) in [6.45, 7) is 3.33. The summed E-state index contributed by atoms with van der Waals surface area (Å²) in [5, 5.41) is 8.38. The van der Waals surface area contributed by atoms with Gasteiger partial charge in [0.05, 0.1) is 12.5 Å². The zero-order valence-corrected chi connectivity index (χ0v) is 13.2. The molecule has 0 bridgehead atoms. The van der Waals surface area contributed by atoms with E-state index < -0.39 is 0 Å². The fraction of sp³-hybridized carbons (Fsp3) is 0.385. The summed E-state index contributed by atoms with van der Waals surface area (Å²) in [6, 6.07) is 6.14. The Morgan fingerprint density at radius 1 is 1.37 bits per heavy atom. The van der Waals surface area contributed by atoms with Gasteiger partial charge in [-0.2, -0.15) is 0 Å². The van der Waals surface area contributed by atoms with Gasteiger partial charge in [-0.05, 0) is 24.6 Å². The zero-order valence-electron chi connectivity index (χ0n) is 10.9. The summed E-state index contributed by atoms with van der Waals surface area (Å²) in [5.41, 5.74) is 2.20. The van der Waals surface area contributed by atoms with Gasteiger partial charge in [-0.1, -0.05) is 22.0 Å². The van der Waals surface area contributed by atoms with Crippen LogP contribution in [0.5, 0.6) is 0 Å². The van der Waals surface area contributed by atoms with Crippen LogP contribution < -0.4 is 0 Å². The molecule has 0 aliphatic rings. The third kappa shape index (κ3) is 3.16. The van der Waals surface area contributed by atoms with E-state index in [-0.39, 0.29) is 0 Å². The van der Waals surface area contributed by atoms with Gasteiger partial charge in [0.15, 0.2) is 5.82 Å². The van der Waals surface area contributed by atoms with E-state index in [2.05, 4.69) is 38.3 Å². The number of ether oxygens (including phenoxy) is 1. The van der Waals surface area contributed by atoms with Crippen LogP contribution in [0.2, 0.25) is 0 Å². The lowest BCUT2D eigenvalue weighted by atomic mass is 10.1. The van der Waals surface area contributed by atoms with Crippen molar-refractivity contribution in [1.82, 2.24) is 14.8 Å². The van der Waals surface area contributed by atoms with Crippen molar-refractivity contribution in [3.8, 4) is 11.4 Å². The normalized spacial score (nSPS) is 10.9. The first-order valence-electron chi connectivity index (χ1n) is 5.91. The first kappa shape index (κ1) is 14.5. The Hall–Kier alpha value is -0.910. The molecule has 0 unspecified atom stereocenters. The van der Waals surface area contributed by atoms with Crippen LogP contribution in [0.15, 0.2) is 22.7 Å². The molecule has 2 aromatic rings. The highest BCUT2D eigenvalue weighted by Crippen LogP contribution is 2.28. The number of alkyl halides is 1. The van der Waals surface area contributed by atoms with Crippen LogP contribution in [-0.4, -0.2) is 28.5 Å². The summed E-state index contributed by atoms with van der Waals surface area (Å²) in [4.78, 5) is 0. The molecule has 0 atom stereocenters. The minimum atomic E-state index is 0.334. The van der Waals surface area contributed by atoms with Gasteiger partial charge in [-0.15, -0.1) is 21.8 Å².